The summed E-state index contributed by atoms with van der Waals surface area (Å²) in [5.41, 5.74) is 0. The van der Waals surface area contributed by atoms with Crippen LogP contribution < -0.4 is 0 Å². The second kappa shape index (κ2) is 6.91. The van der Waals surface area contributed by atoms with Crippen LogP contribution in [0.5, 0.6) is 0 Å². The minimum absolute atomic E-state index is 0.619. The summed E-state index contributed by atoms with van der Waals surface area (Å²) < 4.78 is 13.2. The van der Waals surface area contributed by atoms with Gasteiger partial charge in [0.1, 0.15) is 0 Å². The van der Waals surface area contributed by atoms with Crippen molar-refractivity contribution < 1.29 is 9.05 Å². The van der Waals surface area contributed by atoms with Gasteiger partial charge in [-0.05, 0) is 25.7 Å². The highest BCUT2D eigenvalue weighted by atomic mass is 32.5. The molecule has 0 fully saturated rings. The molecule has 0 unspecified atom stereocenters. The minimum Gasteiger partial charge on any atom is -0.318 e. The van der Waals surface area contributed by atoms with Crippen LogP contribution in [0, 0.1) is 0 Å². The molecular formula is C8H20NO2PS. The van der Waals surface area contributed by atoms with E-state index in [4.69, 9.17) is 20.9 Å². The lowest BCUT2D eigenvalue weighted by molar-refractivity contribution is 0.220. The van der Waals surface area contributed by atoms with Gasteiger partial charge in [0, 0.05) is 13.1 Å². The summed E-state index contributed by atoms with van der Waals surface area (Å²) in [6, 6.07) is 0. The number of rotatable bonds is 7. The van der Waals surface area contributed by atoms with Crippen molar-refractivity contribution in [1.29, 1.82) is 0 Å². The molecule has 0 aliphatic rings. The van der Waals surface area contributed by atoms with E-state index in [9.17, 15) is 0 Å². The average Bonchev–Trinajstić information content (AvgIpc) is 2.07. The topological polar surface area (TPSA) is 21.7 Å². The maximum atomic E-state index is 5.54. The standard InChI is InChI=1S/C8H20NO2PS/c1-5-9(6-2)12(13,10-7-3)11-8-4/h5-8H2,1-4H3. The van der Waals surface area contributed by atoms with Crippen LogP contribution in [-0.2, 0) is 20.9 Å². The van der Waals surface area contributed by atoms with Gasteiger partial charge in [0.2, 0.25) is 0 Å². The molecule has 0 aromatic rings. The van der Waals surface area contributed by atoms with Gasteiger partial charge in [-0.25, -0.2) is 4.67 Å². The zero-order valence-corrected chi connectivity index (χ0v) is 10.7. The minimum atomic E-state index is -2.16. The molecule has 0 saturated heterocycles. The number of hydrogen-bond acceptors (Lipinski definition) is 3. The van der Waals surface area contributed by atoms with Gasteiger partial charge in [0.15, 0.2) is 0 Å². The highest BCUT2D eigenvalue weighted by molar-refractivity contribution is 8.08. The first-order valence-corrected chi connectivity index (χ1v) is 7.38. The van der Waals surface area contributed by atoms with Crippen LogP contribution in [0.2, 0.25) is 0 Å². The summed E-state index contributed by atoms with van der Waals surface area (Å²) in [7, 11) is 0. The van der Waals surface area contributed by atoms with Gasteiger partial charge in [0.25, 0.3) is 6.64 Å². The Balaban J connectivity index is 4.44. The molecule has 0 aliphatic carbocycles. The van der Waals surface area contributed by atoms with Crippen molar-refractivity contribution in [3.05, 3.63) is 0 Å². The first kappa shape index (κ1) is 13.5. The van der Waals surface area contributed by atoms with Crippen molar-refractivity contribution in [2.75, 3.05) is 26.3 Å². The van der Waals surface area contributed by atoms with Crippen LogP contribution in [0.1, 0.15) is 27.7 Å². The Hall–Kier alpha value is 0.530. The van der Waals surface area contributed by atoms with Crippen LogP contribution in [0.3, 0.4) is 0 Å². The SMILES string of the molecule is CCOP(=S)(OCC)N(CC)CC. The fraction of sp³-hybridized carbons (Fsp3) is 1.00. The third kappa shape index (κ3) is 4.05. The predicted molar refractivity (Wildman–Crippen MR) is 60.5 cm³/mol. The highest BCUT2D eigenvalue weighted by Crippen LogP contribution is 2.51. The smallest absolute Gasteiger partial charge is 0.263 e. The van der Waals surface area contributed by atoms with E-state index in [1.165, 1.54) is 0 Å². The van der Waals surface area contributed by atoms with Gasteiger partial charge >= 0.3 is 0 Å². The van der Waals surface area contributed by atoms with Crippen LogP contribution in [0.4, 0.5) is 0 Å². The molecule has 0 atom stereocenters. The van der Waals surface area contributed by atoms with Crippen LogP contribution in [-0.4, -0.2) is 31.0 Å². The van der Waals surface area contributed by atoms with Crippen molar-refractivity contribution in [2.24, 2.45) is 0 Å². The Bertz CT molecular complexity index is 164. The summed E-state index contributed by atoms with van der Waals surface area (Å²) in [5, 5.41) is 0. The molecule has 0 heterocycles. The number of nitrogens with zero attached hydrogens (tertiary/aromatic N) is 1. The first-order valence-electron chi connectivity index (χ1n) is 4.79. The average molecular weight is 225 g/mol. The molecule has 0 radical (unpaired) electrons. The highest BCUT2D eigenvalue weighted by Gasteiger charge is 2.24. The summed E-state index contributed by atoms with van der Waals surface area (Å²) in [4.78, 5) is 0. The third-order valence-corrected chi connectivity index (χ3v) is 5.41. The molecule has 0 rings (SSSR count). The summed E-state index contributed by atoms with van der Waals surface area (Å²) in [6.07, 6.45) is 0. The van der Waals surface area contributed by atoms with E-state index in [0.717, 1.165) is 13.1 Å². The molecule has 0 aliphatic heterocycles. The lowest BCUT2D eigenvalue weighted by atomic mass is 10.7. The Morgan fingerprint density at radius 1 is 1.00 bits per heavy atom. The predicted octanol–water partition coefficient (Wildman–Crippen LogP) is 2.63. The van der Waals surface area contributed by atoms with Gasteiger partial charge in [-0.2, -0.15) is 0 Å². The Kier molecular flexibility index (Phi) is 7.19. The summed E-state index contributed by atoms with van der Waals surface area (Å²) in [6.45, 7) is 8.88. The fourth-order valence-corrected chi connectivity index (χ4v) is 4.17. The molecule has 0 spiro atoms. The van der Waals surface area contributed by atoms with E-state index in [1.54, 1.807) is 0 Å². The Morgan fingerprint density at radius 3 is 1.62 bits per heavy atom. The molecule has 80 valence electrons. The van der Waals surface area contributed by atoms with Crippen molar-refractivity contribution in [3.63, 3.8) is 0 Å². The van der Waals surface area contributed by atoms with E-state index < -0.39 is 6.64 Å². The molecule has 0 saturated carbocycles. The zero-order chi connectivity index (χ0) is 10.3. The first-order chi connectivity index (χ1) is 6.14. The Morgan fingerprint density at radius 2 is 1.38 bits per heavy atom. The molecular weight excluding hydrogens is 205 g/mol. The molecule has 3 nitrogen and oxygen atoms in total. The largest absolute Gasteiger partial charge is 0.318 e. The van der Waals surface area contributed by atoms with Gasteiger partial charge in [-0.3, -0.25) is 0 Å². The molecule has 0 bridgehead atoms. The second-order valence-electron chi connectivity index (χ2n) is 2.44. The summed E-state index contributed by atoms with van der Waals surface area (Å²) in [5.74, 6) is 0. The fourth-order valence-electron chi connectivity index (χ4n) is 1.10. The monoisotopic (exact) mass is 225 g/mol. The number of hydrogen-bond donors (Lipinski definition) is 0. The molecule has 0 aromatic carbocycles. The van der Waals surface area contributed by atoms with E-state index >= 15 is 0 Å². The van der Waals surface area contributed by atoms with Crippen LogP contribution in [0.25, 0.3) is 0 Å². The van der Waals surface area contributed by atoms with Gasteiger partial charge in [-0.15, -0.1) is 0 Å². The molecule has 5 heteroatoms. The van der Waals surface area contributed by atoms with Crippen molar-refractivity contribution >= 4 is 18.4 Å². The van der Waals surface area contributed by atoms with E-state index in [0.29, 0.717) is 13.2 Å². The van der Waals surface area contributed by atoms with Gasteiger partial charge in [0.05, 0.1) is 13.2 Å². The molecule has 0 N–H and O–H groups in total. The molecule has 0 aromatic heterocycles. The van der Waals surface area contributed by atoms with Crippen molar-refractivity contribution in [2.45, 2.75) is 27.7 Å². The second-order valence-corrected chi connectivity index (χ2v) is 5.85. The summed E-state index contributed by atoms with van der Waals surface area (Å²) >= 11 is 5.41. The maximum Gasteiger partial charge on any atom is 0.263 e. The normalized spacial score (nSPS) is 12.4. The molecule has 13 heavy (non-hydrogen) atoms. The zero-order valence-electron chi connectivity index (χ0n) is 8.95. The van der Waals surface area contributed by atoms with Crippen LogP contribution >= 0.6 is 6.64 Å². The van der Waals surface area contributed by atoms with Gasteiger partial charge in [-0.1, -0.05) is 13.8 Å². The van der Waals surface area contributed by atoms with Crippen LogP contribution in [0.15, 0.2) is 0 Å². The van der Waals surface area contributed by atoms with Crippen molar-refractivity contribution in [3.8, 4) is 0 Å². The Labute approximate surface area is 86.6 Å². The van der Waals surface area contributed by atoms with Gasteiger partial charge < -0.3 is 9.05 Å². The lowest BCUT2D eigenvalue weighted by Crippen LogP contribution is -2.22. The maximum absolute atomic E-state index is 5.54. The van der Waals surface area contributed by atoms with Crippen molar-refractivity contribution in [1.82, 2.24) is 4.67 Å². The lowest BCUT2D eigenvalue weighted by Gasteiger charge is -2.31. The van der Waals surface area contributed by atoms with E-state index in [1.807, 2.05) is 13.8 Å². The van der Waals surface area contributed by atoms with E-state index in [-0.39, 0.29) is 0 Å². The third-order valence-electron chi connectivity index (χ3n) is 1.66. The van der Waals surface area contributed by atoms with E-state index in [2.05, 4.69) is 18.5 Å². The molecule has 0 amide bonds. The quantitative estimate of drug-likeness (QED) is 0.621.